The van der Waals surface area contributed by atoms with E-state index in [0.717, 1.165) is 44.8 Å². The smallest absolute Gasteiger partial charge is 0.140 e. The first kappa shape index (κ1) is 20.8. The molecule has 1 aliphatic carbocycles. The van der Waals surface area contributed by atoms with Crippen molar-refractivity contribution < 1.29 is 4.90 Å². The number of quaternary nitrogens is 1. The third-order valence-electron chi connectivity index (χ3n) is 7.02. The molecule has 1 saturated heterocycles. The van der Waals surface area contributed by atoms with Gasteiger partial charge in [-0.15, -0.1) is 0 Å². The fraction of sp³-hybridized carbons (Fsp3) is 0.321. The van der Waals surface area contributed by atoms with Crippen LogP contribution in [0.1, 0.15) is 36.6 Å². The highest BCUT2D eigenvalue weighted by atomic mass is 15.5. The molecule has 32 heavy (non-hydrogen) atoms. The van der Waals surface area contributed by atoms with Gasteiger partial charge in [-0.25, -0.2) is 0 Å². The number of nitrogens with one attached hydrogen (secondary N) is 1. The summed E-state index contributed by atoms with van der Waals surface area (Å²) >= 11 is 0. The zero-order chi connectivity index (χ0) is 21.9. The van der Waals surface area contributed by atoms with E-state index in [4.69, 9.17) is 5.10 Å². The Balaban J connectivity index is 1.24. The van der Waals surface area contributed by atoms with Crippen LogP contribution in [0.2, 0.25) is 0 Å². The Morgan fingerprint density at radius 2 is 1.41 bits per heavy atom. The van der Waals surface area contributed by atoms with Crippen LogP contribution >= 0.6 is 0 Å². The quantitative estimate of drug-likeness (QED) is 0.607. The highest BCUT2D eigenvalue weighted by Crippen LogP contribution is 2.41. The lowest BCUT2D eigenvalue weighted by Gasteiger charge is -2.34. The number of anilines is 1. The van der Waals surface area contributed by atoms with E-state index in [2.05, 4.69) is 96.6 Å². The zero-order valence-corrected chi connectivity index (χ0v) is 19.2. The number of benzene rings is 3. The molecule has 0 amide bonds. The molecule has 2 aliphatic rings. The number of hydrogen-bond acceptors (Lipinski definition) is 3. The van der Waals surface area contributed by atoms with E-state index >= 15 is 0 Å². The molecule has 0 aromatic heterocycles. The number of hydrazone groups is 1. The molecule has 0 spiro atoms. The fourth-order valence-corrected chi connectivity index (χ4v) is 5.29. The lowest BCUT2D eigenvalue weighted by Crippen LogP contribution is -3.14. The minimum Gasteiger partial charge on any atom is -0.372 e. The van der Waals surface area contributed by atoms with Crippen molar-refractivity contribution in [2.45, 2.75) is 19.9 Å². The molecular weight excluding hydrogens is 392 g/mol. The number of fused-ring (bicyclic) bond motifs is 3. The first-order chi connectivity index (χ1) is 15.8. The van der Waals surface area contributed by atoms with Crippen molar-refractivity contribution in [1.82, 2.24) is 5.01 Å². The molecule has 0 atom stereocenters. The minimum atomic E-state index is 0.446. The van der Waals surface area contributed by atoms with Crippen LogP contribution in [0.4, 0.5) is 5.69 Å². The van der Waals surface area contributed by atoms with Crippen LogP contribution in [-0.2, 0) is 0 Å². The van der Waals surface area contributed by atoms with Gasteiger partial charge in [0, 0.05) is 29.9 Å². The van der Waals surface area contributed by atoms with Gasteiger partial charge >= 0.3 is 0 Å². The van der Waals surface area contributed by atoms with Gasteiger partial charge in [0.1, 0.15) is 6.04 Å². The molecule has 0 bridgehead atoms. The summed E-state index contributed by atoms with van der Waals surface area (Å²) in [5.41, 5.74) is 8.22. The third kappa shape index (κ3) is 3.91. The van der Waals surface area contributed by atoms with Gasteiger partial charge in [0.2, 0.25) is 0 Å². The van der Waals surface area contributed by atoms with Crippen LogP contribution in [0, 0.1) is 0 Å². The Kier molecular flexibility index (Phi) is 5.95. The lowest BCUT2D eigenvalue weighted by atomic mass is 10.0. The Hall–Kier alpha value is -3.11. The van der Waals surface area contributed by atoms with Crippen molar-refractivity contribution in [3.63, 3.8) is 0 Å². The first-order valence-electron chi connectivity index (χ1n) is 11.9. The molecule has 4 heteroatoms. The summed E-state index contributed by atoms with van der Waals surface area (Å²) in [6.07, 6.45) is 2.01. The van der Waals surface area contributed by atoms with Crippen LogP contribution in [0.15, 0.2) is 77.9 Å². The van der Waals surface area contributed by atoms with Crippen molar-refractivity contribution >= 4 is 11.9 Å². The number of piperazine rings is 1. The predicted molar refractivity (Wildman–Crippen MR) is 134 cm³/mol. The van der Waals surface area contributed by atoms with Gasteiger partial charge in [-0.2, -0.15) is 5.10 Å². The summed E-state index contributed by atoms with van der Waals surface area (Å²) in [5.74, 6) is 0. The summed E-state index contributed by atoms with van der Waals surface area (Å²) in [6, 6.07) is 27.1. The standard InChI is InChI=1S/C28H32N4/c1-3-30(4-2)23-15-13-22(14-16-23)21-29-32-19-17-31(18-20-32)28-26-11-7-5-9-24(26)25-10-6-8-12-27(25)28/h5-16,21,28H,3-4,17-20H2,1-2H3/p+1/b29-21-. The third-order valence-corrected chi connectivity index (χ3v) is 7.02. The van der Waals surface area contributed by atoms with Gasteiger partial charge in [0.05, 0.1) is 32.4 Å². The van der Waals surface area contributed by atoms with Crippen LogP contribution < -0.4 is 9.80 Å². The lowest BCUT2D eigenvalue weighted by molar-refractivity contribution is -0.929. The SMILES string of the molecule is CCN(CC)c1ccc(/C=N\N2CC[NH+](C3c4ccccc4-c4ccccc43)CC2)cc1. The highest BCUT2D eigenvalue weighted by Gasteiger charge is 2.37. The van der Waals surface area contributed by atoms with E-state index in [-0.39, 0.29) is 0 Å². The summed E-state index contributed by atoms with van der Waals surface area (Å²) in [4.78, 5) is 4.01. The van der Waals surface area contributed by atoms with E-state index in [1.807, 2.05) is 6.21 Å². The van der Waals surface area contributed by atoms with E-state index in [0.29, 0.717) is 6.04 Å². The second-order valence-corrected chi connectivity index (χ2v) is 8.73. The number of nitrogens with zero attached hydrogens (tertiary/aromatic N) is 3. The second kappa shape index (κ2) is 9.17. The van der Waals surface area contributed by atoms with Gasteiger partial charge in [-0.3, -0.25) is 5.01 Å². The normalized spacial score (nSPS) is 16.4. The van der Waals surface area contributed by atoms with E-state index in [9.17, 15) is 0 Å². The second-order valence-electron chi connectivity index (χ2n) is 8.73. The molecule has 0 radical (unpaired) electrons. The molecule has 5 rings (SSSR count). The molecule has 1 aliphatic heterocycles. The van der Waals surface area contributed by atoms with E-state index < -0.39 is 0 Å². The first-order valence-corrected chi connectivity index (χ1v) is 11.9. The molecule has 3 aromatic carbocycles. The van der Waals surface area contributed by atoms with E-state index in [1.54, 1.807) is 4.90 Å². The average molecular weight is 426 g/mol. The van der Waals surface area contributed by atoms with Crippen molar-refractivity contribution in [2.24, 2.45) is 5.10 Å². The molecule has 164 valence electrons. The maximum absolute atomic E-state index is 4.80. The van der Waals surface area contributed by atoms with Crippen LogP contribution in [0.5, 0.6) is 0 Å². The zero-order valence-electron chi connectivity index (χ0n) is 19.2. The summed E-state index contributed by atoms with van der Waals surface area (Å²) in [5, 5.41) is 7.03. The monoisotopic (exact) mass is 425 g/mol. The predicted octanol–water partition coefficient (Wildman–Crippen LogP) is 3.84. The Morgan fingerprint density at radius 3 is 1.97 bits per heavy atom. The highest BCUT2D eigenvalue weighted by molar-refractivity contribution is 5.80. The molecular formula is C28H33N4+. The summed E-state index contributed by atoms with van der Waals surface area (Å²) in [6.45, 7) is 10.6. The summed E-state index contributed by atoms with van der Waals surface area (Å²) in [7, 11) is 0. The van der Waals surface area contributed by atoms with E-state index in [1.165, 1.54) is 27.9 Å². The molecule has 0 unspecified atom stereocenters. The molecule has 1 fully saturated rings. The van der Waals surface area contributed by atoms with Crippen LogP contribution in [0.3, 0.4) is 0 Å². The number of rotatable bonds is 6. The van der Waals surface area contributed by atoms with Gasteiger partial charge < -0.3 is 9.80 Å². The van der Waals surface area contributed by atoms with Crippen molar-refractivity contribution in [2.75, 3.05) is 44.2 Å². The molecule has 4 nitrogen and oxygen atoms in total. The molecule has 1 heterocycles. The minimum absolute atomic E-state index is 0.446. The maximum Gasteiger partial charge on any atom is 0.140 e. The van der Waals surface area contributed by atoms with Crippen LogP contribution in [-0.4, -0.2) is 50.5 Å². The average Bonchev–Trinajstić information content (AvgIpc) is 3.19. The molecule has 3 aromatic rings. The van der Waals surface area contributed by atoms with Crippen molar-refractivity contribution in [3.8, 4) is 11.1 Å². The Bertz CT molecular complexity index is 1030. The van der Waals surface area contributed by atoms with Gasteiger partial charge in [0.15, 0.2) is 0 Å². The Labute approximate surface area is 191 Å². The van der Waals surface area contributed by atoms with Crippen LogP contribution in [0.25, 0.3) is 11.1 Å². The number of hydrogen-bond donors (Lipinski definition) is 1. The fourth-order valence-electron chi connectivity index (χ4n) is 5.29. The molecule has 0 saturated carbocycles. The largest absolute Gasteiger partial charge is 0.372 e. The topological polar surface area (TPSA) is 23.3 Å². The van der Waals surface area contributed by atoms with Gasteiger partial charge in [-0.1, -0.05) is 60.7 Å². The molecule has 1 N–H and O–H groups in total. The van der Waals surface area contributed by atoms with Crippen molar-refractivity contribution in [3.05, 3.63) is 89.5 Å². The Morgan fingerprint density at radius 1 is 0.844 bits per heavy atom. The van der Waals surface area contributed by atoms with Crippen molar-refractivity contribution in [1.29, 1.82) is 0 Å². The van der Waals surface area contributed by atoms with Gasteiger partial charge in [0.25, 0.3) is 0 Å². The van der Waals surface area contributed by atoms with Gasteiger partial charge in [-0.05, 0) is 42.7 Å². The summed E-state index contributed by atoms with van der Waals surface area (Å²) < 4.78 is 0. The maximum atomic E-state index is 4.80.